The van der Waals surface area contributed by atoms with Gasteiger partial charge in [0.25, 0.3) is 0 Å². The fourth-order valence-corrected chi connectivity index (χ4v) is 2.87. The molecular formula is C20H11F6N5. The van der Waals surface area contributed by atoms with Crippen LogP contribution in [0, 0.1) is 0 Å². The molecule has 0 aliphatic rings. The van der Waals surface area contributed by atoms with Gasteiger partial charge in [-0.1, -0.05) is 0 Å². The SMILES string of the molecule is FC(F)(F)c1ccc(Nc2ccnc3nc(-c4ncccc4C(F)(F)F)cnc23)cc1. The average molecular weight is 435 g/mol. The molecule has 4 rings (SSSR count). The molecule has 3 heterocycles. The lowest BCUT2D eigenvalue weighted by atomic mass is 10.1. The Bertz CT molecular complexity index is 1240. The van der Waals surface area contributed by atoms with Crippen molar-refractivity contribution in [3.8, 4) is 11.4 Å². The van der Waals surface area contributed by atoms with Crippen molar-refractivity contribution in [3.05, 3.63) is 72.2 Å². The van der Waals surface area contributed by atoms with Gasteiger partial charge in [-0.15, -0.1) is 0 Å². The van der Waals surface area contributed by atoms with E-state index in [4.69, 9.17) is 0 Å². The van der Waals surface area contributed by atoms with E-state index in [0.29, 0.717) is 11.4 Å². The van der Waals surface area contributed by atoms with E-state index in [1.807, 2.05) is 0 Å². The number of benzene rings is 1. The van der Waals surface area contributed by atoms with E-state index in [-0.39, 0.29) is 22.6 Å². The molecule has 0 aliphatic heterocycles. The lowest BCUT2D eigenvalue weighted by molar-refractivity contribution is -0.138. The molecule has 0 atom stereocenters. The summed E-state index contributed by atoms with van der Waals surface area (Å²) in [5.41, 5.74) is -1.23. The fourth-order valence-electron chi connectivity index (χ4n) is 2.87. The number of anilines is 2. The van der Waals surface area contributed by atoms with Gasteiger partial charge in [-0.05, 0) is 42.5 Å². The minimum atomic E-state index is -4.63. The number of fused-ring (bicyclic) bond motifs is 1. The second-order valence-electron chi connectivity index (χ2n) is 6.38. The van der Waals surface area contributed by atoms with Gasteiger partial charge < -0.3 is 5.32 Å². The predicted molar refractivity (Wildman–Crippen MR) is 100 cm³/mol. The number of pyridine rings is 2. The van der Waals surface area contributed by atoms with Crippen LogP contribution in [0.25, 0.3) is 22.6 Å². The van der Waals surface area contributed by atoms with Crippen molar-refractivity contribution in [3.63, 3.8) is 0 Å². The summed E-state index contributed by atoms with van der Waals surface area (Å²) >= 11 is 0. The van der Waals surface area contributed by atoms with Gasteiger partial charge in [0.2, 0.25) is 0 Å². The highest BCUT2D eigenvalue weighted by molar-refractivity contribution is 5.88. The third kappa shape index (κ3) is 4.25. The summed E-state index contributed by atoms with van der Waals surface area (Å²) in [6.45, 7) is 0. The van der Waals surface area contributed by atoms with Crippen LogP contribution >= 0.6 is 0 Å². The summed E-state index contributed by atoms with van der Waals surface area (Å²) in [4.78, 5) is 16.1. The normalized spacial score (nSPS) is 12.2. The molecule has 0 amide bonds. The van der Waals surface area contributed by atoms with Gasteiger partial charge in [-0.25, -0.2) is 15.0 Å². The van der Waals surface area contributed by atoms with Gasteiger partial charge in [0.1, 0.15) is 16.9 Å². The van der Waals surface area contributed by atoms with Gasteiger partial charge in [0, 0.05) is 18.1 Å². The van der Waals surface area contributed by atoms with Crippen molar-refractivity contribution < 1.29 is 26.3 Å². The van der Waals surface area contributed by atoms with Crippen LogP contribution in [0.1, 0.15) is 11.1 Å². The van der Waals surface area contributed by atoms with Crippen molar-refractivity contribution >= 4 is 22.5 Å². The molecule has 31 heavy (non-hydrogen) atoms. The molecule has 3 aromatic heterocycles. The van der Waals surface area contributed by atoms with E-state index in [0.717, 1.165) is 24.4 Å². The van der Waals surface area contributed by atoms with Gasteiger partial charge in [-0.2, -0.15) is 26.3 Å². The maximum absolute atomic E-state index is 13.3. The van der Waals surface area contributed by atoms with Crippen LogP contribution in [-0.2, 0) is 12.4 Å². The van der Waals surface area contributed by atoms with Crippen molar-refractivity contribution in [1.29, 1.82) is 0 Å². The van der Waals surface area contributed by atoms with E-state index in [1.54, 1.807) is 0 Å². The molecule has 5 nitrogen and oxygen atoms in total. The molecule has 0 spiro atoms. The number of hydrogen-bond acceptors (Lipinski definition) is 5. The number of alkyl halides is 6. The molecule has 4 aromatic rings. The lowest BCUT2D eigenvalue weighted by Crippen LogP contribution is -2.09. The van der Waals surface area contributed by atoms with E-state index in [2.05, 4.69) is 25.3 Å². The number of rotatable bonds is 3. The second-order valence-corrected chi connectivity index (χ2v) is 6.38. The molecule has 0 aliphatic carbocycles. The topological polar surface area (TPSA) is 63.6 Å². The number of hydrogen-bond donors (Lipinski definition) is 1. The lowest BCUT2D eigenvalue weighted by Gasteiger charge is -2.12. The van der Waals surface area contributed by atoms with Crippen LogP contribution in [-0.4, -0.2) is 19.9 Å². The Hall–Kier alpha value is -3.76. The summed E-state index contributed by atoms with van der Waals surface area (Å²) in [5.74, 6) is 0. The predicted octanol–water partition coefficient (Wildman–Crippen LogP) is 5.87. The summed E-state index contributed by atoms with van der Waals surface area (Å²) in [6.07, 6.45) is -5.37. The van der Waals surface area contributed by atoms with E-state index in [9.17, 15) is 26.3 Å². The molecule has 11 heteroatoms. The summed E-state index contributed by atoms with van der Waals surface area (Å²) in [5, 5.41) is 2.91. The zero-order valence-electron chi connectivity index (χ0n) is 15.3. The van der Waals surface area contributed by atoms with E-state index in [1.165, 1.54) is 36.7 Å². The maximum Gasteiger partial charge on any atom is 0.418 e. The third-order valence-corrected chi connectivity index (χ3v) is 4.29. The smallest absolute Gasteiger partial charge is 0.354 e. The first-order chi connectivity index (χ1) is 14.6. The van der Waals surface area contributed by atoms with Crippen LogP contribution in [0.3, 0.4) is 0 Å². The zero-order valence-corrected chi connectivity index (χ0v) is 15.3. The molecule has 1 aromatic carbocycles. The van der Waals surface area contributed by atoms with Crippen LogP contribution < -0.4 is 5.32 Å². The second kappa shape index (κ2) is 7.49. The first kappa shape index (κ1) is 20.5. The highest BCUT2D eigenvalue weighted by Gasteiger charge is 2.35. The number of aromatic nitrogens is 4. The standard InChI is InChI=1S/C20H11F6N5/c21-19(22,23)11-3-5-12(6-4-11)30-14-7-9-28-18-17(14)29-10-15(31-18)16-13(20(24,25)26)2-1-8-27-16/h1-10H,(H,28,30,31). The summed E-state index contributed by atoms with van der Waals surface area (Å²) < 4.78 is 78.0. The quantitative estimate of drug-likeness (QED) is 0.408. The number of nitrogens with one attached hydrogen (secondary N) is 1. The largest absolute Gasteiger partial charge is 0.418 e. The van der Waals surface area contributed by atoms with Crippen LogP contribution in [0.4, 0.5) is 37.7 Å². The van der Waals surface area contributed by atoms with Crippen molar-refractivity contribution in [1.82, 2.24) is 19.9 Å². The van der Waals surface area contributed by atoms with Crippen molar-refractivity contribution in [2.24, 2.45) is 0 Å². The maximum atomic E-state index is 13.3. The van der Waals surface area contributed by atoms with Gasteiger partial charge in [0.05, 0.1) is 23.0 Å². The van der Waals surface area contributed by atoms with Gasteiger partial charge in [0.15, 0.2) is 5.65 Å². The molecule has 0 saturated carbocycles. The number of halogens is 6. The van der Waals surface area contributed by atoms with Gasteiger partial charge in [-0.3, -0.25) is 4.98 Å². The Morgan fingerprint density at radius 2 is 1.48 bits per heavy atom. The molecule has 0 bridgehead atoms. The first-order valence-corrected chi connectivity index (χ1v) is 8.71. The molecule has 0 saturated heterocycles. The van der Waals surface area contributed by atoms with Crippen LogP contribution in [0.15, 0.2) is 61.1 Å². The Balaban J connectivity index is 1.70. The Morgan fingerprint density at radius 1 is 0.742 bits per heavy atom. The third-order valence-electron chi connectivity index (χ3n) is 4.29. The van der Waals surface area contributed by atoms with Crippen molar-refractivity contribution in [2.75, 3.05) is 5.32 Å². The first-order valence-electron chi connectivity index (χ1n) is 8.71. The highest BCUT2D eigenvalue weighted by Crippen LogP contribution is 2.35. The Labute approximate surface area is 170 Å². The van der Waals surface area contributed by atoms with Crippen molar-refractivity contribution in [2.45, 2.75) is 12.4 Å². The Morgan fingerprint density at radius 3 is 2.16 bits per heavy atom. The van der Waals surface area contributed by atoms with E-state index >= 15 is 0 Å². The summed E-state index contributed by atoms with van der Waals surface area (Å²) in [7, 11) is 0. The molecule has 1 N–H and O–H groups in total. The molecule has 0 radical (unpaired) electrons. The summed E-state index contributed by atoms with van der Waals surface area (Å²) in [6, 6.07) is 7.94. The highest BCUT2D eigenvalue weighted by atomic mass is 19.4. The minimum Gasteiger partial charge on any atom is -0.354 e. The Kier molecular flexibility index (Phi) is 4.96. The van der Waals surface area contributed by atoms with Crippen LogP contribution in [0.2, 0.25) is 0 Å². The van der Waals surface area contributed by atoms with E-state index < -0.39 is 23.5 Å². The average Bonchev–Trinajstić information content (AvgIpc) is 2.73. The van der Waals surface area contributed by atoms with Crippen LogP contribution in [0.5, 0.6) is 0 Å². The fraction of sp³-hybridized carbons (Fsp3) is 0.100. The number of nitrogens with zero attached hydrogens (tertiary/aromatic N) is 4. The minimum absolute atomic E-state index is 0.0492. The molecule has 0 unspecified atom stereocenters. The molecule has 0 fully saturated rings. The van der Waals surface area contributed by atoms with Gasteiger partial charge >= 0.3 is 12.4 Å². The molecule has 158 valence electrons. The zero-order chi connectivity index (χ0) is 22.2. The molecular weight excluding hydrogens is 424 g/mol. The monoisotopic (exact) mass is 435 g/mol.